The molecule has 2 aromatic carbocycles. The Labute approximate surface area is 215 Å². The lowest BCUT2D eigenvalue weighted by atomic mass is 10.1. The molecule has 0 spiro atoms. The Balaban J connectivity index is 1.89. The van der Waals surface area contributed by atoms with Gasteiger partial charge < -0.3 is 10.2 Å². The first-order chi connectivity index (χ1) is 16.5. The maximum Gasteiger partial charge on any atom is 0.244 e. The molecule has 1 N–H and O–H groups in total. The molecule has 1 aliphatic rings. The van der Waals surface area contributed by atoms with Crippen LogP contribution >= 0.6 is 23.2 Å². The van der Waals surface area contributed by atoms with Crippen LogP contribution in [0.3, 0.4) is 0 Å². The van der Waals surface area contributed by atoms with Gasteiger partial charge in [0.15, 0.2) is 0 Å². The lowest BCUT2D eigenvalue weighted by molar-refractivity contribution is -0.139. The Hall–Kier alpha value is -2.36. The SMILES string of the molecule is C[C@H](C(=O)NC1CCCC1)N(Cc1ccc(Cl)c(Cl)c1)C(=O)CN(c1cccc(F)c1)S(C)(=O)=O. The highest BCUT2D eigenvalue weighted by Crippen LogP contribution is 2.25. The Morgan fingerprint density at radius 2 is 1.80 bits per heavy atom. The van der Waals surface area contributed by atoms with E-state index in [2.05, 4.69) is 5.32 Å². The van der Waals surface area contributed by atoms with E-state index in [9.17, 15) is 22.4 Å². The number of anilines is 1. The molecule has 11 heteroatoms. The number of hydrogen-bond acceptors (Lipinski definition) is 4. The number of halogens is 3. The minimum Gasteiger partial charge on any atom is -0.352 e. The molecular formula is C24H28Cl2FN3O4S. The number of nitrogens with zero attached hydrogens (tertiary/aromatic N) is 2. The monoisotopic (exact) mass is 543 g/mol. The van der Waals surface area contributed by atoms with Crippen molar-refractivity contribution in [3.05, 3.63) is 63.9 Å². The minimum atomic E-state index is -3.93. The van der Waals surface area contributed by atoms with Crippen LogP contribution in [0.15, 0.2) is 42.5 Å². The van der Waals surface area contributed by atoms with Crippen LogP contribution < -0.4 is 9.62 Å². The third-order valence-electron chi connectivity index (χ3n) is 5.98. The standard InChI is InChI=1S/C24H28Cl2FN3O4S/c1-16(24(32)28-19-7-3-4-8-19)29(14-17-10-11-21(25)22(26)12-17)23(31)15-30(35(2,33)34)20-9-5-6-18(27)13-20/h5-6,9-13,16,19H,3-4,7-8,14-15H2,1-2H3,(H,28,32)/t16-/m1/s1. The summed E-state index contributed by atoms with van der Waals surface area (Å²) in [4.78, 5) is 27.8. The number of sulfonamides is 1. The van der Waals surface area contributed by atoms with Gasteiger partial charge in [-0.05, 0) is 55.7 Å². The number of carbonyl (C=O) groups excluding carboxylic acids is 2. The predicted octanol–water partition coefficient (Wildman–Crippen LogP) is 4.37. The van der Waals surface area contributed by atoms with Crippen molar-refractivity contribution in [2.75, 3.05) is 17.1 Å². The highest BCUT2D eigenvalue weighted by molar-refractivity contribution is 7.92. The maximum absolute atomic E-state index is 13.8. The molecule has 2 amide bonds. The molecule has 7 nitrogen and oxygen atoms in total. The van der Waals surface area contributed by atoms with Gasteiger partial charge in [-0.2, -0.15) is 0 Å². The molecular weight excluding hydrogens is 516 g/mol. The molecule has 0 heterocycles. The molecule has 1 fully saturated rings. The first-order valence-electron chi connectivity index (χ1n) is 11.2. The molecule has 0 aromatic heterocycles. The zero-order chi connectivity index (χ0) is 25.8. The second kappa shape index (κ2) is 11.6. The van der Waals surface area contributed by atoms with Gasteiger partial charge in [0.1, 0.15) is 18.4 Å². The second-order valence-corrected chi connectivity index (χ2v) is 11.4. The van der Waals surface area contributed by atoms with E-state index in [-0.39, 0.29) is 29.2 Å². The average Bonchev–Trinajstić information content (AvgIpc) is 3.29. The normalized spacial score (nSPS) is 15.0. The van der Waals surface area contributed by atoms with E-state index >= 15 is 0 Å². The lowest BCUT2D eigenvalue weighted by Gasteiger charge is -2.32. The molecule has 0 saturated heterocycles. The van der Waals surface area contributed by atoms with Gasteiger partial charge >= 0.3 is 0 Å². The van der Waals surface area contributed by atoms with Crippen LogP contribution in [-0.2, 0) is 26.2 Å². The summed E-state index contributed by atoms with van der Waals surface area (Å²) in [6.45, 7) is 0.979. The van der Waals surface area contributed by atoms with Crippen LogP contribution in [-0.4, -0.2) is 50.0 Å². The summed E-state index contributed by atoms with van der Waals surface area (Å²) in [6.07, 6.45) is 4.75. The van der Waals surface area contributed by atoms with Gasteiger partial charge in [0.25, 0.3) is 0 Å². The third-order valence-corrected chi connectivity index (χ3v) is 7.86. The fraction of sp³-hybridized carbons (Fsp3) is 0.417. The van der Waals surface area contributed by atoms with Crippen molar-refractivity contribution >= 4 is 50.7 Å². The Bertz CT molecular complexity index is 1190. The van der Waals surface area contributed by atoms with E-state index in [1.165, 1.54) is 23.1 Å². The van der Waals surface area contributed by atoms with Gasteiger partial charge in [0.05, 0.1) is 22.0 Å². The summed E-state index contributed by atoms with van der Waals surface area (Å²) in [5, 5.41) is 3.61. The zero-order valence-electron chi connectivity index (χ0n) is 19.5. The summed E-state index contributed by atoms with van der Waals surface area (Å²) < 4.78 is 39.6. The smallest absolute Gasteiger partial charge is 0.244 e. The van der Waals surface area contributed by atoms with E-state index in [1.54, 1.807) is 25.1 Å². The first kappa shape index (κ1) is 27.2. The lowest BCUT2D eigenvalue weighted by Crippen LogP contribution is -2.52. The van der Waals surface area contributed by atoms with E-state index in [1.807, 2.05) is 0 Å². The quantitative estimate of drug-likeness (QED) is 0.508. The second-order valence-electron chi connectivity index (χ2n) is 8.69. The van der Waals surface area contributed by atoms with Crippen molar-refractivity contribution < 1.29 is 22.4 Å². The Morgan fingerprint density at radius 1 is 1.11 bits per heavy atom. The van der Waals surface area contributed by atoms with Gasteiger partial charge in [0, 0.05) is 12.6 Å². The molecule has 35 heavy (non-hydrogen) atoms. The van der Waals surface area contributed by atoms with Gasteiger partial charge in [-0.3, -0.25) is 13.9 Å². The largest absolute Gasteiger partial charge is 0.352 e. The van der Waals surface area contributed by atoms with Crippen molar-refractivity contribution in [1.82, 2.24) is 10.2 Å². The van der Waals surface area contributed by atoms with Crippen LogP contribution in [0.1, 0.15) is 38.2 Å². The fourth-order valence-corrected chi connectivity index (χ4v) is 5.22. The van der Waals surface area contributed by atoms with E-state index in [4.69, 9.17) is 23.2 Å². The molecule has 190 valence electrons. The number of benzene rings is 2. The predicted molar refractivity (Wildman–Crippen MR) is 135 cm³/mol. The van der Waals surface area contributed by atoms with Crippen molar-refractivity contribution in [2.45, 2.75) is 51.2 Å². The molecule has 0 radical (unpaired) electrons. The van der Waals surface area contributed by atoms with Crippen molar-refractivity contribution in [3.63, 3.8) is 0 Å². The molecule has 1 aliphatic carbocycles. The molecule has 1 atom stereocenters. The van der Waals surface area contributed by atoms with E-state index in [0.29, 0.717) is 10.6 Å². The Morgan fingerprint density at radius 3 is 2.40 bits per heavy atom. The number of rotatable bonds is 9. The number of carbonyl (C=O) groups is 2. The third kappa shape index (κ3) is 7.32. The summed E-state index contributed by atoms with van der Waals surface area (Å²) in [5.41, 5.74) is 0.628. The minimum absolute atomic E-state index is 0.00424. The van der Waals surface area contributed by atoms with Gasteiger partial charge in [-0.15, -0.1) is 0 Å². The van der Waals surface area contributed by atoms with Crippen LogP contribution in [0.5, 0.6) is 0 Å². The number of hydrogen-bond donors (Lipinski definition) is 1. The van der Waals surface area contributed by atoms with Crippen LogP contribution in [0.25, 0.3) is 0 Å². The summed E-state index contributed by atoms with van der Waals surface area (Å²) in [6, 6.07) is 8.98. The van der Waals surface area contributed by atoms with E-state index in [0.717, 1.165) is 42.3 Å². The van der Waals surface area contributed by atoms with Crippen molar-refractivity contribution in [2.24, 2.45) is 0 Å². The zero-order valence-corrected chi connectivity index (χ0v) is 21.8. The molecule has 1 saturated carbocycles. The highest BCUT2D eigenvalue weighted by atomic mass is 35.5. The molecule has 0 aliphatic heterocycles. The summed E-state index contributed by atoms with van der Waals surface area (Å²) in [7, 11) is -3.93. The highest BCUT2D eigenvalue weighted by Gasteiger charge is 2.31. The van der Waals surface area contributed by atoms with Crippen molar-refractivity contribution in [1.29, 1.82) is 0 Å². The molecule has 3 rings (SSSR count). The van der Waals surface area contributed by atoms with Gasteiger partial charge in [-0.25, -0.2) is 12.8 Å². The number of nitrogens with one attached hydrogen (secondary N) is 1. The summed E-state index contributed by atoms with van der Waals surface area (Å²) >= 11 is 12.1. The first-order valence-corrected chi connectivity index (χ1v) is 13.8. The Kier molecular flexibility index (Phi) is 9.01. The van der Waals surface area contributed by atoms with Crippen molar-refractivity contribution in [3.8, 4) is 0 Å². The fourth-order valence-electron chi connectivity index (χ4n) is 4.05. The molecule has 0 bridgehead atoms. The van der Waals surface area contributed by atoms with Gasteiger partial charge in [0.2, 0.25) is 21.8 Å². The number of amides is 2. The molecule has 0 unspecified atom stereocenters. The van der Waals surface area contributed by atoms with E-state index < -0.39 is 34.3 Å². The average molecular weight is 544 g/mol. The van der Waals surface area contributed by atoms with Crippen LogP contribution in [0, 0.1) is 5.82 Å². The maximum atomic E-state index is 13.8. The van der Waals surface area contributed by atoms with Gasteiger partial charge in [-0.1, -0.05) is 48.2 Å². The summed E-state index contributed by atoms with van der Waals surface area (Å²) in [5.74, 6) is -1.60. The van der Waals surface area contributed by atoms with Crippen LogP contribution in [0.4, 0.5) is 10.1 Å². The van der Waals surface area contributed by atoms with Crippen LogP contribution in [0.2, 0.25) is 10.0 Å². The topological polar surface area (TPSA) is 86.8 Å². The molecule has 2 aromatic rings.